The second-order valence-corrected chi connectivity index (χ2v) is 4.50. The van der Waals surface area contributed by atoms with Crippen molar-refractivity contribution in [3.05, 3.63) is 49.3 Å². The number of anilines is 1. The number of aromatic nitrogens is 1. The molecule has 0 aliphatic heterocycles. The van der Waals surface area contributed by atoms with Crippen LogP contribution in [0.25, 0.3) is 10.4 Å². The molecule has 0 spiro atoms. The zero-order valence-corrected chi connectivity index (χ0v) is 10.4. The van der Waals surface area contributed by atoms with Crippen LogP contribution in [-0.2, 0) is 4.74 Å². The first kappa shape index (κ1) is 12.3. The number of thiophene rings is 1. The molecule has 0 saturated carbocycles. The molecule has 0 aliphatic rings. The van der Waals surface area contributed by atoms with Crippen molar-refractivity contribution >= 4 is 22.4 Å². The molecule has 0 aliphatic carbocycles. The molecule has 0 unspecified atom stereocenters. The quantitative estimate of drug-likeness (QED) is 0.855. The Kier molecular flexibility index (Phi) is 4.09. The Morgan fingerprint density at radius 2 is 2.17 bits per heavy atom. The van der Waals surface area contributed by atoms with Crippen LogP contribution in [0.1, 0.15) is 0 Å². The summed E-state index contributed by atoms with van der Waals surface area (Å²) < 4.78 is 4.84. The Balaban J connectivity index is 2.02. The van der Waals surface area contributed by atoms with Crippen LogP contribution in [0.5, 0.6) is 0 Å². The minimum absolute atomic E-state index is 0.203. The molecule has 2 rings (SSSR count). The molecule has 0 fully saturated rings. The Hall–Kier alpha value is -2.14. The fourth-order valence-corrected chi connectivity index (χ4v) is 2.25. The van der Waals surface area contributed by atoms with E-state index in [0.29, 0.717) is 0 Å². The fourth-order valence-electron chi connectivity index (χ4n) is 1.35. The van der Waals surface area contributed by atoms with Gasteiger partial charge in [-0.1, -0.05) is 12.7 Å². The van der Waals surface area contributed by atoms with Gasteiger partial charge in [-0.3, -0.25) is 10.3 Å². The molecule has 0 radical (unpaired) electrons. The van der Waals surface area contributed by atoms with Crippen molar-refractivity contribution in [3.8, 4) is 10.4 Å². The molecule has 1 amide bonds. The third-order valence-corrected chi connectivity index (χ3v) is 3.18. The molecule has 4 nitrogen and oxygen atoms in total. The molecular weight excluding hydrogens is 248 g/mol. The molecule has 2 heterocycles. The summed E-state index contributed by atoms with van der Waals surface area (Å²) in [5.74, 6) is 0. The Morgan fingerprint density at radius 1 is 1.39 bits per heavy atom. The van der Waals surface area contributed by atoms with Crippen molar-refractivity contribution in [2.45, 2.75) is 0 Å². The molecule has 0 bridgehead atoms. The lowest BCUT2D eigenvalue weighted by atomic mass is 10.2. The number of carbonyl (C=O) groups is 1. The van der Waals surface area contributed by atoms with Crippen LogP contribution < -0.4 is 5.32 Å². The second kappa shape index (κ2) is 5.97. The number of pyridine rings is 1. The van der Waals surface area contributed by atoms with Gasteiger partial charge in [0.25, 0.3) is 0 Å². The molecular formula is C13H12N2O2S. The van der Waals surface area contributed by atoms with Crippen molar-refractivity contribution in [1.82, 2.24) is 4.98 Å². The summed E-state index contributed by atoms with van der Waals surface area (Å²) in [5, 5.41) is 3.41. The summed E-state index contributed by atoms with van der Waals surface area (Å²) in [6, 6.07) is 7.63. The molecule has 1 N–H and O–H groups in total. The molecule has 18 heavy (non-hydrogen) atoms. The van der Waals surface area contributed by atoms with Crippen molar-refractivity contribution in [3.63, 3.8) is 0 Å². The topological polar surface area (TPSA) is 51.2 Å². The third-order valence-electron chi connectivity index (χ3n) is 2.13. The van der Waals surface area contributed by atoms with E-state index >= 15 is 0 Å². The highest BCUT2D eigenvalue weighted by atomic mass is 32.1. The average molecular weight is 260 g/mol. The number of amides is 1. The lowest BCUT2D eigenvalue weighted by molar-refractivity contribution is 0.174. The zero-order chi connectivity index (χ0) is 12.8. The molecule has 5 heteroatoms. The third kappa shape index (κ3) is 3.18. The van der Waals surface area contributed by atoms with Gasteiger partial charge in [-0.2, -0.15) is 0 Å². The molecule has 0 saturated heterocycles. The SMILES string of the molecule is C=CCOC(=O)Nc1ccc(-c2ccncc2)s1. The standard InChI is InChI=1S/C13H12N2O2S/c1-2-9-17-13(16)15-12-4-3-11(18-12)10-5-7-14-8-6-10/h2-8H,1,9H2,(H,15,16). The largest absolute Gasteiger partial charge is 0.445 e. The number of nitrogens with one attached hydrogen (secondary N) is 1. The monoisotopic (exact) mass is 260 g/mol. The van der Waals surface area contributed by atoms with E-state index in [1.807, 2.05) is 24.3 Å². The maximum atomic E-state index is 11.3. The minimum Gasteiger partial charge on any atom is -0.445 e. The van der Waals surface area contributed by atoms with Crippen molar-refractivity contribution in [2.24, 2.45) is 0 Å². The van der Waals surface area contributed by atoms with Crippen molar-refractivity contribution in [2.75, 3.05) is 11.9 Å². The summed E-state index contributed by atoms with van der Waals surface area (Å²) in [5.41, 5.74) is 1.07. The van der Waals surface area contributed by atoms with Gasteiger partial charge in [-0.15, -0.1) is 11.3 Å². The lowest BCUT2D eigenvalue weighted by Crippen LogP contribution is -2.12. The van der Waals surface area contributed by atoms with Gasteiger partial charge in [0, 0.05) is 17.3 Å². The average Bonchev–Trinajstić information content (AvgIpc) is 2.86. The van der Waals surface area contributed by atoms with Crippen LogP contribution in [0.2, 0.25) is 0 Å². The summed E-state index contributed by atoms with van der Waals surface area (Å²) >= 11 is 1.48. The summed E-state index contributed by atoms with van der Waals surface area (Å²) in [6.45, 7) is 3.68. The van der Waals surface area contributed by atoms with Crippen LogP contribution in [0.3, 0.4) is 0 Å². The minimum atomic E-state index is -0.474. The summed E-state index contributed by atoms with van der Waals surface area (Å²) in [4.78, 5) is 16.4. The smallest absolute Gasteiger partial charge is 0.412 e. The van der Waals surface area contributed by atoms with Crippen LogP contribution in [0.4, 0.5) is 9.80 Å². The van der Waals surface area contributed by atoms with E-state index in [-0.39, 0.29) is 6.61 Å². The first-order chi connectivity index (χ1) is 8.79. The van der Waals surface area contributed by atoms with E-state index in [0.717, 1.165) is 15.4 Å². The Morgan fingerprint density at radius 3 is 2.89 bits per heavy atom. The molecule has 0 aromatic carbocycles. The van der Waals surface area contributed by atoms with Gasteiger partial charge >= 0.3 is 6.09 Å². The lowest BCUT2D eigenvalue weighted by Gasteiger charge is -2.01. The molecule has 0 atom stereocenters. The predicted octanol–water partition coefficient (Wildman–Crippen LogP) is 3.54. The maximum absolute atomic E-state index is 11.3. The van der Waals surface area contributed by atoms with E-state index in [1.54, 1.807) is 12.4 Å². The van der Waals surface area contributed by atoms with Gasteiger partial charge in [-0.25, -0.2) is 4.79 Å². The predicted molar refractivity (Wildman–Crippen MR) is 72.7 cm³/mol. The maximum Gasteiger partial charge on any atom is 0.412 e. The van der Waals surface area contributed by atoms with E-state index in [4.69, 9.17) is 4.74 Å². The first-order valence-electron chi connectivity index (χ1n) is 5.34. The molecule has 2 aromatic heterocycles. The Labute approximate surface area is 109 Å². The van der Waals surface area contributed by atoms with Gasteiger partial charge in [-0.05, 0) is 29.8 Å². The number of nitrogens with zero attached hydrogens (tertiary/aromatic N) is 1. The number of carbonyl (C=O) groups excluding carboxylic acids is 1. The van der Waals surface area contributed by atoms with E-state index in [1.165, 1.54) is 17.4 Å². The van der Waals surface area contributed by atoms with Crippen LogP contribution in [0.15, 0.2) is 49.3 Å². The normalized spacial score (nSPS) is 9.78. The molecule has 92 valence electrons. The van der Waals surface area contributed by atoms with Crippen LogP contribution in [-0.4, -0.2) is 17.7 Å². The van der Waals surface area contributed by atoms with E-state index in [9.17, 15) is 4.79 Å². The van der Waals surface area contributed by atoms with E-state index in [2.05, 4.69) is 16.9 Å². The highest BCUT2D eigenvalue weighted by Gasteiger charge is 2.06. The number of hydrogen-bond acceptors (Lipinski definition) is 4. The van der Waals surface area contributed by atoms with E-state index < -0.39 is 6.09 Å². The highest BCUT2D eigenvalue weighted by Crippen LogP contribution is 2.30. The number of rotatable bonds is 4. The van der Waals surface area contributed by atoms with Crippen LogP contribution in [0, 0.1) is 0 Å². The van der Waals surface area contributed by atoms with Crippen LogP contribution >= 0.6 is 11.3 Å². The Bertz CT molecular complexity index is 537. The summed E-state index contributed by atoms with van der Waals surface area (Å²) in [6.07, 6.45) is 4.52. The fraction of sp³-hybridized carbons (Fsp3) is 0.0769. The van der Waals surface area contributed by atoms with Gasteiger partial charge in [0.15, 0.2) is 0 Å². The second-order valence-electron chi connectivity index (χ2n) is 3.41. The zero-order valence-electron chi connectivity index (χ0n) is 9.63. The van der Waals surface area contributed by atoms with Gasteiger partial charge < -0.3 is 4.74 Å². The molecule has 2 aromatic rings. The number of ether oxygens (including phenoxy) is 1. The number of hydrogen-bond donors (Lipinski definition) is 1. The van der Waals surface area contributed by atoms with Gasteiger partial charge in [0.05, 0.1) is 5.00 Å². The highest BCUT2D eigenvalue weighted by molar-refractivity contribution is 7.19. The van der Waals surface area contributed by atoms with Gasteiger partial charge in [0.2, 0.25) is 0 Å². The van der Waals surface area contributed by atoms with Crippen molar-refractivity contribution in [1.29, 1.82) is 0 Å². The van der Waals surface area contributed by atoms with Gasteiger partial charge in [0.1, 0.15) is 6.61 Å². The summed E-state index contributed by atoms with van der Waals surface area (Å²) in [7, 11) is 0. The van der Waals surface area contributed by atoms with Crippen molar-refractivity contribution < 1.29 is 9.53 Å². The first-order valence-corrected chi connectivity index (χ1v) is 6.16.